The number of carbonyl (C=O) groups is 1. The van der Waals surface area contributed by atoms with Crippen molar-refractivity contribution < 1.29 is 19.0 Å². The summed E-state index contributed by atoms with van der Waals surface area (Å²) >= 11 is 6.22. The number of anilines is 1. The Morgan fingerprint density at radius 1 is 0.882 bits per heavy atom. The van der Waals surface area contributed by atoms with Crippen LogP contribution in [0.25, 0.3) is 0 Å². The molecular formula is C27H29ClN2O4. The Morgan fingerprint density at radius 2 is 1.59 bits per heavy atom. The molecule has 1 heterocycles. The van der Waals surface area contributed by atoms with Gasteiger partial charge in [0.15, 0.2) is 0 Å². The highest BCUT2D eigenvalue weighted by Crippen LogP contribution is 2.30. The first-order valence-corrected chi connectivity index (χ1v) is 11.8. The molecule has 4 rings (SSSR count). The zero-order valence-electron chi connectivity index (χ0n) is 19.5. The maximum atomic E-state index is 13.3. The number of amides is 1. The zero-order valence-corrected chi connectivity index (χ0v) is 20.3. The maximum absolute atomic E-state index is 13.3. The van der Waals surface area contributed by atoms with Crippen LogP contribution in [0.15, 0.2) is 66.7 Å². The summed E-state index contributed by atoms with van der Waals surface area (Å²) in [5.41, 5.74) is 2.48. The maximum Gasteiger partial charge on any atom is 0.253 e. The van der Waals surface area contributed by atoms with Crippen LogP contribution in [0.4, 0.5) is 5.69 Å². The van der Waals surface area contributed by atoms with Crippen molar-refractivity contribution in [2.75, 3.05) is 44.8 Å². The number of methoxy groups -OCH3 is 1. The molecule has 34 heavy (non-hydrogen) atoms. The van der Waals surface area contributed by atoms with E-state index in [4.69, 9.17) is 25.8 Å². The van der Waals surface area contributed by atoms with Crippen LogP contribution < -0.4 is 19.1 Å². The van der Waals surface area contributed by atoms with Gasteiger partial charge < -0.3 is 24.0 Å². The van der Waals surface area contributed by atoms with Crippen molar-refractivity contribution >= 4 is 23.2 Å². The molecule has 1 aliphatic rings. The summed E-state index contributed by atoms with van der Waals surface area (Å²) in [6, 6.07) is 20.8. The molecule has 0 spiro atoms. The van der Waals surface area contributed by atoms with Gasteiger partial charge in [0.2, 0.25) is 0 Å². The first-order chi connectivity index (χ1) is 16.6. The SMILES string of the molecule is CCOc1ccc(C(=O)N2CCN(c3ccccc3OC)CC2)cc1COc1ccccc1Cl. The number of para-hydroxylation sites is 3. The number of hydrogen-bond acceptors (Lipinski definition) is 5. The van der Waals surface area contributed by atoms with Gasteiger partial charge in [-0.15, -0.1) is 0 Å². The third kappa shape index (κ3) is 5.39. The Hall–Kier alpha value is -3.38. The first kappa shape index (κ1) is 23.8. The summed E-state index contributed by atoms with van der Waals surface area (Å²) in [5.74, 6) is 2.14. The van der Waals surface area contributed by atoms with Gasteiger partial charge >= 0.3 is 0 Å². The van der Waals surface area contributed by atoms with Gasteiger partial charge in [-0.25, -0.2) is 0 Å². The van der Waals surface area contributed by atoms with Gasteiger partial charge in [0.25, 0.3) is 5.91 Å². The van der Waals surface area contributed by atoms with E-state index in [1.54, 1.807) is 13.2 Å². The number of hydrogen-bond donors (Lipinski definition) is 0. The zero-order chi connectivity index (χ0) is 23.9. The van der Waals surface area contributed by atoms with Crippen LogP contribution in [0.2, 0.25) is 5.02 Å². The molecule has 1 saturated heterocycles. The fraction of sp³-hybridized carbons (Fsp3) is 0.296. The second kappa shape index (κ2) is 11.2. The number of nitrogens with zero attached hydrogens (tertiary/aromatic N) is 2. The van der Waals surface area contributed by atoms with E-state index in [1.165, 1.54) is 0 Å². The summed E-state index contributed by atoms with van der Waals surface area (Å²) in [7, 11) is 1.68. The van der Waals surface area contributed by atoms with Crippen LogP contribution in [-0.2, 0) is 6.61 Å². The van der Waals surface area contributed by atoms with Crippen molar-refractivity contribution in [2.45, 2.75) is 13.5 Å². The first-order valence-electron chi connectivity index (χ1n) is 11.4. The quantitative estimate of drug-likeness (QED) is 0.438. The largest absolute Gasteiger partial charge is 0.495 e. The van der Waals surface area contributed by atoms with Crippen molar-refractivity contribution in [3.8, 4) is 17.2 Å². The topological polar surface area (TPSA) is 51.2 Å². The third-order valence-electron chi connectivity index (χ3n) is 5.82. The molecule has 0 N–H and O–H groups in total. The summed E-state index contributed by atoms with van der Waals surface area (Å²) in [6.07, 6.45) is 0. The Morgan fingerprint density at radius 3 is 2.29 bits per heavy atom. The molecule has 0 radical (unpaired) electrons. The van der Waals surface area contributed by atoms with Gasteiger partial charge in [-0.1, -0.05) is 35.9 Å². The number of benzene rings is 3. The molecule has 1 fully saturated rings. The molecule has 7 heteroatoms. The van der Waals surface area contributed by atoms with Crippen molar-refractivity contribution in [2.24, 2.45) is 0 Å². The second-order valence-electron chi connectivity index (χ2n) is 7.93. The van der Waals surface area contributed by atoms with Gasteiger partial charge in [0.1, 0.15) is 23.9 Å². The molecule has 0 aromatic heterocycles. The summed E-state index contributed by atoms with van der Waals surface area (Å²) < 4.78 is 17.2. The highest BCUT2D eigenvalue weighted by Gasteiger charge is 2.24. The number of rotatable bonds is 8. The minimum absolute atomic E-state index is 0.00159. The van der Waals surface area contributed by atoms with E-state index in [1.807, 2.05) is 72.5 Å². The summed E-state index contributed by atoms with van der Waals surface area (Å²) in [5, 5.41) is 0.542. The van der Waals surface area contributed by atoms with Crippen molar-refractivity contribution in [3.05, 3.63) is 82.9 Å². The van der Waals surface area contributed by atoms with E-state index in [9.17, 15) is 4.79 Å². The van der Waals surface area contributed by atoms with Gasteiger partial charge in [0, 0.05) is 37.3 Å². The van der Waals surface area contributed by atoms with Gasteiger partial charge in [-0.2, -0.15) is 0 Å². The van der Waals surface area contributed by atoms with E-state index in [2.05, 4.69) is 4.90 Å². The lowest BCUT2D eigenvalue weighted by Crippen LogP contribution is -2.48. The van der Waals surface area contributed by atoms with E-state index < -0.39 is 0 Å². The van der Waals surface area contributed by atoms with E-state index in [0.29, 0.717) is 41.8 Å². The van der Waals surface area contributed by atoms with E-state index in [-0.39, 0.29) is 12.5 Å². The molecule has 0 bridgehead atoms. The molecule has 1 aliphatic heterocycles. The average molecular weight is 481 g/mol. The van der Waals surface area contributed by atoms with Crippen LogP contribution in [0.1, 0.15) is 22.8 Å². The monoisotopic (exact) mass is 480 g/mol. The molecule has 1 amide bonds. The number of carbonyl (C=O) groups excluding carboxylic acids is 1. The van der Waals surface area contributed by atoms with Crippen LogP contribution in [0.3, 0.4) is 0 Å². The standard InChI is InChI=1S/C27H29ClN2O4/c1-3-33-24-13-12-20(18-21(24)19-34-25-10-6-4-8-22(25)28)27(31)30-16-14-29(15-17-30)23-9-5-7-11-26(23)32-2/h4-13,18H,3,14-17,19H2,1-2H3. The van der Waals surface area contributed by atoms with Crippen molar-refractivity contribution in [1.82, 2.24) is 4.90 Å². The van der Waals surface area contributed by atoms with E-state index in [0.717, 1.165) is 30.1 Å². The smallest absolute Gasteiger partial charge is 0.253 e. The predicted octanol–water partition coefficient (Wildman–Crippen LogP) is 5.29. The Labute approximate surface area is 205 Å². The molecule has 0 unspecified atom stereocenters. The lowest BCUT2D eigenvalue weighted by Gasteiger charge is -2.36. The molecule has 0 aliphatic carbocycles. The van der Waals surface area contributed by atoms with E-state index >= 15 is 0 Å². The molecular weight excluding hydrogens is 452 g/mol. The molecule has 3 aromatic rings. The second-order valence-corrected chi connectivity index (χ2v) is 8.33. The third-order valence-corrected chi connectivity index (χ3v) is 6.13. The average Bonchev–Trinajstić information content (AvgIpc) is 2.88. The number of ether oxygens (including phenoxy) is 3. The highest BCUT2D eigenvalue weighted by molar-refractivity contribution is 6.32. The number of halogens is 1. The molecule has 6 nitrogen and oxygen atoms in total. The summed E-state index contributed by atoms with van der Waals surface area (Å²) in [4.78, 5) is 17.4. The Bertz CT molecular complexity index is 1130. The fourth-order valence-corrected chi connectivity index (χ4v) is 4.25. The Kier molecular flexibility index (Phi) is 7.80. The molecule has 0 atom stereocenters. The number of piperazine rings is 1. The lowest BCUT2D eigenvalue weighted by molar-refractivity contribution is 0.0746. The van der Waals surface area contributed by atoms with Crippen molar-refractivity contribution in [1.29, 1.82) is 0 Å². The molecule has 3 aromatic carbocycles. The van der Waals surface area contributed by atoms with Crippen LogP contribution in [-0.4, -0.2) is 50.7 Å². The summed E-state index contributed by atoms with van der Waals surface area (Å²) in [6.45, 7) is 5.46. The molecule has 178 valence electrons. The minimum Gasteiger partial charge on any atom is -0.495 e. The van der Waals surface area contributed by atoms with Gasteiger partial charge in [-0.3, -0.25) is 4.79 Å². The fourth-order valence-electron chi connectivity index (χ4n) is 4.06. The van der Waals surface area contributed by atoms with Gasteiger partial charge in [0.05, 0.1) is 24.4 Å². The minimum atomic E-state index is 0.00159. The predicted molar refractivity (Wildman–Crippen MR) is 135 cm³/mol. The van der Waals surface area contributed by atoms with Crippen molar-refractivity contribution in [3.63, 3.8) is 0 Å². The molecule has 0 saturated carbocycles. The van der Waals surface area contributed by atoms with Gasteiger partial charge in [-0.05, 0) is 49.4 Å². The van der Waals surface area contributed by atoms with Crippen LogP contribution in [0.5, 0.6) is 17.2 Å². The highest BCUT2D eigenvalue weighted by atomic mass is 35.5. The van der Waals surface area contributed by atoms with Crippen LogP contribution in [0, 0.1) is 0 Å². The normalized spacial score (nSPS) is 13.5. The lowest BCUT2D eigenvalue weighted by atomic mass is 10.1. The van der Waals surface area contributed by atoms with Crippen LogP contribution >= 0.6 is 11.6 Å². The Balaban J connectivity index is 1.45.